The summed E-state index contributed by atoms with van der Waals surface area (Å²) in [6.45, 7) is 1.91. The summed E-state index contributed by atoms with van der Waals surface area (Å²) in [4.78, 5) is 34.4. The zero-order valence-electron chi connectivity index (χ0n) is 15.1. The number of amidine groups is 1. The van der Waals surface area contributed by atoms with Gasteiger partial charge in [0.25, 0.3) is 0 Å². The van der Waals surface area contributed by atoms with Crippen molar-refractivity contribution in [2.24, 2.45) is 12.0 Å². The number of nitrogens with zero attached hydrogens (tertiary/aromatic N) is 6. The number of urea groups is 1. The van der Waals surface area contributed by atoms with Gasteiger partial charge in [0.15, 0.2) is 5.82 Å². The zero-order valence-corrected chi connectivity index (χ0v) is 17.7. The predicted molar refractivity (Wildman–Crippen MR) is 108 cm³/mol. The van der Waals surface area contributed by atoms with E-state index in [1.54, 1.807) is 44.2 Å². The molecule has 0 aliphatic heterocycles. The van der Waals surface area contributed by atoms with Gasteiger partial charge in [0.1, 0.15) is 12.2 Å². The number of hydrogen-bond acceptors (Lipinski definition) is 4. The third kappa shape index (κ3) is 5.73. The molecule has 0 aliphatic carbocycles. The second-order valence-corrected chi connectivity index (χ2v) is 7.27. The van der Waals surface area contributed by atoms with Crippen molar-refractivity contribution < 1.29 is 9.59 Å². The standard InChI is InChI=1S/C16H19Cl2N6O2P/c1-10(20-16(26)22(2)7-15-19-8-23(3)21-15)24(9-25)6-11-4-13(18)14(27)5-12(11)17/h4-5,8-9H,6-7,27H2,1-3H3. The van der Waals surface area contributed by atoms with E-state index in [1.807, 2.05) is 0 Å². The van der Waals surface area contributed by atoms with Gasteiger partial charge in [-0.3, -0.25) is 14.4 Å². The van der Waals surface area contributed by atoms with Crippen LogP contribution in [0.25, 0.3) is 0 Å². The first-order valence-electron chi connectivity index (χ1n) is 7.81. The van der Waals surface area contributed by atoms with Crippen LogP contribution in [0.2, 0.25) is 10.0 Å². The second-order valence-electron chi connectivity index (χ2n) is 5.83. The smallest absolute Gasteiger partial charge is 0.318 e. The molecule has 8 nitrogen and oxygen atoms in total. The van der Waals surface area contributed by atoms with E-state index in [0.717, 1.165) is 5.30 Å². The van der Waals surface area contributed by atoms with Gasteiger partial charge in [0.2, 0.25) is 6.41 Å². The molecule has 1 unspecified atom stereocenters. The summed E-state index contributed by atoms with van der Waals surface area (Å²) in [5, 5.41) is 5.85. The van der Waals surface area contributed by atoms with Gasteiger partial charge in [-0.05, 0) is 29.9 Å². The van der Waals surface area contributed by atoms with Crippen molar-refractivity contribution >= 4 is 56.0 Å². The minimum atomic E-state index is -0.517. The second kappa shape index (κ2) is 9.26. The molecule has 0 saturated heterocycles. The molecule has 144 valence electrons. The van der Waals surface area contributed by atoms with Gasteiger partial charge in [-0.15, -0.1) is 9.24 Å². The molecule has 11 heteroatoms. The number of amides is 3. The van der Waals surface area contributed by atoms with Gasteiger partial charge in [0, 0.05) is 24.1 Å². The average molecular weight is 429 g/mol. The number of carbonyl (C=O) groups excluding carboxylic acids is 2. The largest absolute Gasteiger partial charge is 0.345 e. The third-order valence-electron chi connectivity index (χ3n) is 3.66. The molecule has 1 aromatic carbocycles. The van der Waals surface area contributed by atoms with Crippen LogP contribution in [0.15, 0.2) is 23.5 Å². The quantitative estimate of drug-likeness (QED) is 0.316. The summed E-state index contributed by atoms with van der Waals surface area (Å²) in [6.07, 6.45) is 2.14. The van der Waals surface area contributed by atoms with E-state index in [2.05, 4.69) is 24.3 Å². The minimum Gasteiger partial charge on any atom is -0.318 e. The van der Waals surface area contributed by atoms with Gasteiger partial charge >= 0.3 is 6.03 Å². The molecule has 2 aromatic rings. The van der Waals surface area contributed by atoms with Crippen LogP contribution >= 0.6 is 32.4 Å². The zero-order chi connectivity index (χ0) is 20.1. The van der Waals surface area contributed by atoms with Gasteiger partial charge in [-0.25, -0.2) is 9.78 Å². The van der Waals surface area contributed by atoms with Crippen LogP contribution in [0.4, 0.5) is 4.79 Å². The molecule has 0 bridgehead atoms. The van der Waals surface area contributed by atoms with Crippen molar-refractivity contribution in [2.75, 3.05) is 7.05 Å². The average Bonchev–Trinajstić information content (AvgIpc) is 3.01. The molecule has 27 heavy (non-hydrogen) atoms. The number of hydrogen-bond donors (Lipinski definition) is 0. The van der Waals surface area contributed by atoms with Gasteiger partial charge in [-0.1, -0.05) is 23.2 Å². The first kappa shape index (κ1) is 21.3. The fraction of sp³-hybridized carbons (Fsp3) is 0.312. The van der Waals surface area contributed by atoms with Crippen LogP contribution in [0.1, 0.15) is 18.3 Å². The Kier molecular flexibility index (Phi) is 7.30. The van der Waals surface area contributed by atoms with Crippen molar-refractivity contribution in [1.29, 1.82) is 0 Å². The van der Waals surface area contributed by atoms with Crippen LogP contribution in [-0.4, -0.2) is 49.9 Å². The van der Waals surface area contributed by atoms with Crippen molar-refractivity contribution in [2.45, 2.75) is 20.0 Å². The van der Waals surface area contributed by atoms with E-state index >= 15 is 0 Å². The van der Waals surface area contributed by atoms with Crippen LogP contribution < -0.4 is 5.30 Å². The topological polar surface area (TPSA) is 83.7 Å². The Morgan fingerprint density at radius 2 is 2.04 bits per heavy atom. The highest BCUT2D eigenvalue weighted by molar-refractivity contribution is 7.28. The Morgan fingerprint density at radius 1 is 1.33 bits per heavy atom. The lowest BCUT2D eigenvalue weighted by molar-refractivity contribution is -0.115. The van der Waals surface area contributed by atoms with Crippen molar-refractivity contribution in [3.63, 3.8) is 0 Å². The summed E-state index contributed by atoms with van der Waals surface area (Å²) in [7, 11) is 5.80. The Balaban J connectivity index is 2.10. The lowest BCUT2D eigenvalue weighted by atomic mass is 10.2. The lowest BCUT2D eigenvalue weighted by Crippen LogP contribution is -2.31. The number of benzene rings is 1. The molecule has 1 aromatic heterocycles. The highest BCUT2D eigenvalue weighted by Crippen LogP contribution is 2.22. The summed E-state index contributed by atoms with van der Waals surface area (Å²) in [6, 6.07) is 2.85. The Bertz CT molecular complexity index is 886. The molecule has 3 amide bonds. The fourth-order valence-electron chi connectivity index (χ4n) is 2.16. The Hall–Kier alpha value is -2.02. The molecule has 0 aliphatic rings. The van der Waals surface area contributed by atoms with E-state index in [4.69, 9.17) is 23.2 Å². The van der Waals surface area contributed by atoms with Crippen molar-refractivity contribution in [1.82, 2.24) is 24.6 Å². The van der Waals surface area contributed by atoms with Crippen LogP contribution in [0, 0.1) is 0 Å². The van der Waals surface area contributed by atoms with Crippen LogP contribution in [0.5, 0.6) is 0 Å². The van der Waals surface area contributed by atoms with E-state index in [9.17, 15) is 9.59 Å². The van der Waals surface area contributed by atoms with Gasteiger partial charge in [-0.2, -0.15) is 10.1 Å². The number of aliphatic imine (C=N–C) groups is 1. The van der Waals surface area contributed by atoms with Crippen molar-refractivity contribution in [3.05, 3.63) is 39.9 Å². The molecule has 1 atom stereocenters. The number of aryl methyl sites for hydroxylation is 1. The van der Waals surface area contributed by atoms with E-state index in [0.29, 0.717) is 27.8 Å². The molecule has 2 rings (SSSR count). The fourth-order valence-corrected chi connectivity index (χ4v) is 2.93. The summed E-state index contributed by atoms with van der Waals surface area (Å²) >= 11 is 12.3. The maximum Gasteiger partial charge on any atom is 0.345 e. The molecular formula is C16H19Cl2N6O2P. The number of rotatable bonds is 5. The predicted octanol–water partition coefficient (Wildman–Crippen LogP) is 2.25. The summed E-state index contributed by atoms with van der Waals surface area (Å²) < 4.78 is 1.55. The normalized spacial score (nSPS) is 11.4. The molecule has 0 saturated carbocycles. The van der Waals surface area contributed by atoms with E-state index in [1.165, 1.54) is 9.80 Å². The first-order chi connectivity index (χ1) is 12.7. The number of carbonyl (C=O) groups is 2. The third-order valence-corrected chi connectivity index (χ3v) is 5.00. The maximum absolute atomic E-state index is 12.3. The Labute approximate surface area is 169 Å². The van der Waals surface area contributed by atoms with Crippen LogP contribution in [-0.2, 0) is 24.9 Å². The molecule has 1 heterocycles. The lowest BCUT2D eigenvalue weighted by Gasteiger charge is -2.19. The highest BCUT2D eigenvalue weighted by Gasteiger charge is 2.15. The van der Waals surface area contributed by atoms with E-state index in [-0.39, 0.29) is 18.9 Å². The summed E-state index contributed by atoms with van der Waals surface area (Å²) in [5.74, 6) is 0.727. The SMILES string of the molecule is CC(=NC(=O)N(C)Cc1ncn(C)n1)N(C=O)Cc1cc(Cl)c(P)cc1Cl. The maximum atomic E-state index is 12.3. The summed E-state index contributed by atoms with van der Waals surface area (Å²) in [5.41, 5.74) is 0.646. The molecule has 0 radical (unpaired) electrons. The molecule has 0 spiro atoms. The van der Waals surface area contributed by atoms with Crippen molar-refractivity contribution in [3.8, 4) is 0 Å². The molecular weight excluding hydrogens is 410 g/mol. The molecule has 0 fully saturated rings. The number of halogens is 2. The van der Waals surface area contributed by atoms with Gasteiger partial charge in [0.05, 0.1) is 13.1 Å². The highest BCUT2D eigenvalue weighted by atomic mass is 35.5. The number of aromatic nitrogens is 3. The van der Waals surface area contributed by atoms with E-state index < -0.39 is 6.03 Å². The minimum absolute atomic E-state index is 0.140. The Morgan fingerprint density at radius 3 is 2.63 bits per heavy atom. The van der Waals surface area contributed by atoms with Crippen LogP contribution in [0.3, 0.4) is 0 Å². The monoisotopic (exact) mass is 428 g/mol. The van der Waals surface area contributed by atoms with Gasteiger partial charge < -0.3 is 4.90 Å². The molecule has 0 N–H and O–H groups in total. The first-order valence-corrected chi connectivity index (χ1v) is 9.14.